The fourth-order valence-corrected chi connectivity index (χ4v) is 3.75. The highest BCUT2D eigenvalue weighted by molar-refractivity contribution is 5.94. The molecule has 1 N–H and O–H groups in total. The maximum atomic E-state index is 12.6. The molecule has 1 unspecified atom stereocenters. The van der Waals surface area contributed by atoms with E-state index in [1.807, 2.05) is 55.1 Å². The van der Waals surface area contributed by atoms with Crippen LogP contribution in [0.2, 0.25) is 0 Å². The molecule has 1 aliphatic heterocycles. The van der Waals surface area contributed by atoms with Crippen molar-refractivity contribution in [2.75, 3.05) is 40.8 Å². The predicted molar refractivity (Wildman–Crippen MR) is 118 cm³/mol. The molecule has 8 heteroatoms. The van der Waals surface area contributed by atoms with E-state index in [0.717, 1.165) is 30.7 Å². The van der Waals surface area contributed by atoms with E-state index in [1.165, 1.54) is 0 Å². The van der Waals surface area contributed by atoms with E-state index >= 15 is 0 Å². The lowest BCUT2D eigenvalue weighted by Gasteiger charge is -2.32. The zero-order valence-corrected chi connectivity index (χ0v) is 18.7. The number of rotatable bonds is 7. The molecule has 2 aromatic rings. The largest absolute Gasteiger partial charge is 0.497 e. The maximum Gasteiger partial charge on any atom is 0.254 e. The van der Waals surface area contributed by atoms with Gasteiger partial charge in [-0.3, -0.25) is 9.59 Å². The Morgan fingerprint density at radius 1 is 1.32 bits per heavy atom. The van der Waals surface area contributed by atoms with Crippen LogP contribution in [-0.4, -0.2) is 72.4 Å². The molecule has 166 valence electrons. The van der Waals surface area contributed by atoms with Crippen LogP contribution < -0.4 is 10.1 Å². The highest BCUT2D eigenvalue weighted by atomic mass is 16.5. The number of methoxy groups -OCH3 is 1. The zero-order chi connectivity index (χ0) is 22.4. The smallest absolute Gasteiger partial charge is 0.254 e. The lowest BCUT2D eigenvalue weighted by molar-refractivity contribution is -0.133. The number of aromatic nitrogens is 2. The van der Waals surface area contributed by atoms with Gasteiger partial charge in [-0.25, -0.2) is 9.97 Å². The van der Waals surface area contributed by atoms with Gasteiger partial charge in [0.25, 0.3) is 5.91 Å². The second-order valence-electron chi connectivity index (χ2n) is 8.18. The average molecular weight is 426 g/mol. The summed E-state index contributed by atoms with van der Waals surface area (Å²) in [6, 6.07) is 7.57. The number of nitrogens with zero attached hydrogens (tertiary/aromatic N) is 4. The molecular weight excluding hydrogens is 394 g/mol. The Hall–Kier alpha value is -3.00. The van der Waals surface area contributed by atoms with Gasteiger partial charge in [-0.1, -0.05) is 12.1 Å². The highest BCUT2D eigenvalue weighted by Crippen LogP contribution is 2.25. The predicted octanol–water partition coefficient (Wildman–Crippen LogP) is 1.99. The number of likely N-dealkylation sites (N-methyl/N-ethyl adjacent to an activating group) is 1. The van der Waals surface area contributed by atoms with Gasteiger partial charge in [-0.2, -0.15) is 0 Å². The number of piperidine rings is 1. The molecule has 0 bridgehead atoms. The van der Waals surface area contributed by atoms with Crippen molar-refractivity contribution < 1.29 is 14.3 Å². The first-order valence-electron chi connectivity index (χ1n) is 10.5. The first-order chi connectivity index (χ1) is 14.9. The molecule has 1 atom stereocenters. The Labute approximate surface area is 183 Å². The van der Waals surface area contributed by atoms with Gasteiger partial charge in [-0.05, 0) is 51.6 Å². The molecule has 0 spiro atoms. The average Bonchev–Trinajstić information content (AvgIpc) is 2.77. The number of likely N-dealkylation sites (tertiary alicyclic amines) is 1. The molecular formula is C23H31N5O3. The second kappa shape index (κ2) is 10.3. The van der Waals surface area contributed by atoms with Crippen molar-refractivity contribution in [3.63, 3.8) is 0 Å². The number of aryl methyl sites for hydroxylation is 1. The first kappa shape index (κ1) is 22.7. The van der Waals surface area contributed by atoms with Gasteiger partial charge in [0.2, 0.25) is 5.91 Å². The number of carbonyl (C=O) groups is 2. The number of carbonyl (C=O) groups excluding carboxylic acids is 2. The van der Waals surface area contributed by atoms with Gasteiger partial charge in [0, 0.05) is 31.7 Å². The summed E-state index contributed by atoms with van der Waals surface area (Å²) in [5, 5.41) is 2.91. The number of benzene rings is 1. The van der Waals surface area contributed by atoms with Crippen molar-refractivity contribution in [2.45, 2.75) is 32.2 Å². The van der Waals surface area contributed by atoms with Crippen molar-refractivity contribution in [3.8, 4) is 5.75 Å². The van der Waals surface area contributed by atoms with Crippen LogP contribution in [0.15, 0.2) is 30.5 Å². The van der Waals surface area contributed by atoms with Crippen LogP contribution >= 0.6 is 0 Å². The van der Waals surface area contributed by atoms with Crippen LogP contribution in [0.4, 0.5) is 0 Å². The molecule has 3 rings (SSSR count). The third-order valence-corrected chi connectivity index (χ3v) is 5.42. The third-order valence-electron chi connectivity index (χ3n) is 5.42. The molecule has 1 saturated heterocycles. The topological polar surface area (TPSA) is 87.7 Å². The summed E-state index contributed by atoms with van der Waals surface area (Å²) < 4.78 is 5.22. The molecule has 1 aliphatic rings. The summed E-state index contributed by atoms with van der Waals surface area (Å²) in [6.07, 6.45) is 3.46. The SMILES string of the molecule is COc1cccc(CNC(=O)c2cnc(C3CCCN(C(=O)CN(C)C)C3)nc2C)c1. The van der Waals surface area contributed by atoms with E-state index in [2.05, 4.69) is 15.3 Å². The minimum Gasteiger partial charge on any atom is -0.497 e. The van der Waals surface area contributed by atoms with Crippen LogP contribution in [0.5, 0.6) is 5.75 Å². The Morgan fingerprint density at radius 2 is 2.13 bits per heavy atom. The molecule has 2 heterocycles. The van der Waals surface area contributed by atoms with Crippen molar-refractivity contribution in [1.29, 1.82) is 0 Å². The molecule has 1 fully saturated rings. The van der Waals surface area contributed by atoms with Crippen LogP contribution in [-0.2, 0) is 11.3 Å². The second-order valence-corrected chi connectivity index (χ2v) is 8.18. The molecule has 1 aromatic carbocycles. The van der Waals surface area contributed by atoms with Crippen molar-refractivity contribution in [2.24, 2.45) is 0 Å². The van der Waals surface area contributed by atoms with E-state index in [-0.39, 0.29) is 17.7 Å². The number of amides is 2. The molecule has 0 radical (unpaired) electrons. The van der Waals surface area contributed by atoms with Crippen LogP contribution in [0.25, 0.3) is 0 Å². The third kappa shape index (κ3) is 6.01. The van der Waals surface area contributed by atoms with Crippen LogP contribution in [0.3, 0.4) is 0 Å². The Balaban J connectivity index is 1.63. The van der Waals surface area contributed by atoms with Crippen LogP contribution in [0.1, 0.15) is 46.2 Å². The summed E-state index contributed by atoms with van der Waals surface area (Å²) in [6.45, 7) is 4.01. The normalized spacial score (nSPS) is 16.3. The molecule has 8 nitrogen and oxygen atoms in total. The van der Waals surface area contributed by atoms with Gasteiger partial charge >= 0.3 is 0 Å². The lowest BCUT2D eigenvalue weighted by Crippen LogP contribution is -2.43. The summed E-state index contributed by atoms with van der Waals surface area (Å²) >= 11 is 0. The van der Waals surface area contributed by atoms with Crippen LogP contribution in [0, 0.1) is 6.92 Å². The standard InChI is InChI=1S/C23H31N5O3/c1-16-20(23(30)25-12-17-7-5-9-19(11-17)31-4)13-24-22(26-16)18-8-6-10-28(14-18)21(29)15-27(2)3/h5,7,9,11,13,18H,6,8,10,12,14-15H2,1-4H3,(H,25,30). The van der Waals surface area contributed by atoms with E-state index in [4.69, 9.17) is 4.74 Å². The molecule has 0 aliphatic carbocycles. The van der Waals surface area contributed by atoms with Gasteiger partial charge in [0.05, 0.1) is 24.9 Å². The van der Waals surface area contributed by atoms with Gasteiger partial charge in [-0.15, -0.1) is 0 Å². The minimum atomic E-state index is -0.210. The fourth-order valence-electron chi connectivity index (χ4n) is 3.75. The molecule has 0 saturated carbocycles. The summed E-state index contributed by atoms with van der Waals surface area (Å²) in [5.74, 6) is 1.45. The van der Waals surface area contributed by atoms with Crippen molar-refractivity contribution in [3.05, 3.63) is 53.1 Å². The Bertz CT molecular complexity index is 931. The monoisotopic (exact) mass is 425 g/mol. The quantitative estimate of drug-likeness (QED) is 0.730. The Kier molecular flexibility index (Phi) is 7.57. The highest BCUT2D eigenvalue weighted by Gasteiger charge is 2.27. The van der Waals surface area contributed by atoms with Gasteiger partial charge in [0.1, 0.15) is 11.6 Å². The van der Waals surface area contributed by atoms with Crippen molar-refractivity contribution >= 4 is 11.8 Å². The van der Waals surface area contributed by atoms with E-state index < -0.39 is 0 Å². The summed E-state index contributed by atoms with van der Waals surface area (Å²) in [4.78, 5) is 37.9. The van der Waals surface area contributed by atoms with E-state index in [9.17, 15) is 9.59 Å². The van der Waals surface area contributed by atoms with Gasteiger partial charge < -0.3 is 19.9 Å². The fraction of sp³-hybridized carbons (Fsp3) is 0.478. The lowest BCUT2D eigenvalue weighted by atomic mass is 9.96. The van der Waals surface area contributed by atoms with Crippen molar-refractivity contribution in [1.82, 2.24) is 25.1 Å². The maximum absolute atomic E-state index is 12.6. The van der Waals surface area contributed by atoms with Gasteiger partial charge in [0.15, 0.2) is 0 Å². The number of nitrogens with one attached hydrogen (secondary N) is 1. The molecule has 1 aromatic heterocycles. The number of ether oxygens (including phenoxy) is 1. The van der Waals surface area contributed by atoms with E-state index in [0.29, 0.717) is 36.7 Å². The van der Waals surface area contributed by atoms with E-state index in [1.54, 1.807) is 13.3 Å². The first-order valence-corrected chi connectivity index (χ1v) is 10.5. The molecule has 31 heavy (non-hydrogen) atoms. The Morgan fingerprint density at radius 3 is 2.84 bits per heavy atom. The summed E-state index contributed by atoms with van der Waals surface area (Å²) in [5.41, 5.74) is 2.06. The minimum absolute atomic E-state index is 0.0902. The molecule has 2 amide bonds. The zero-order valence-electron chi connectivity index (χ0n) is 18.7. The summed E-state index contributed by atoms with van der Waals surface area (Å²) in [7, 11) is 5.40. The number of hydrogen-bond donors (Lipinski definition) is 1. The number of hydrogen-bond acceptors (Lipinski definition) is 6.